The van der Waals surface area contributed by atoms with Crippen molar-refractivity contribution in [1.29, 1.82) is 5.26 Å². The van der Waals surface area contributed by atoms with Gasteiger partial charge >= 0.3 is 0 Å². The van der Waals surface area contributed by atoms with Crippen molar-refractivity contribution in [1.82, 2.24) is 0 Å². The fraction of sp³-hybridized carbons (Fsp3) is 0.667. The van der Waals surface area contributed by atoms with Crippen LogP contribution < -0.4 is 0 Å². The molecule has 3 heteroatoms. The van der Waals surface area contributed by atoms with Crippen molar-refractivity contribution in [2.24, 2.45) is 0 Å². The van der Waals surface area contributed by atoms with Crippen LogP contribution in [0.15, 0.2) is 0 Å². The third-order valence-electron chi connectivity index (χ3n) is 0.850. The molecule has 0 aromatic carbocycles. The number of aliphatic hydroxyl groups is 1. The maximum absolute atomic E-state index is 10.3. The Labute approximate surface area is 53.9 Å². The Hall–Kier alpha value is -0.880. The standard InChI is InChI=1S/C6H9NO2/c1-5(8)4-6(9)2-3-7/h6,9H,2,4H2,1H3/t6-/m1/s1. The molecule has 0 rings (SSSR count). The first-order chi connectivity index (χ1) is 4.16. The second-order valence-corrected chi connectivity index (χ2v) is 1.92. The maximum atomic E-state index is 10.3. The molecule has 0 saturated carbocycles. The predicted octanol–water partition coefficient (Wildman–Crippen LogP) is 0.240. The van der Waals surface area contributed by atoms with E-state index in [0.717, 1.165) is 0 Å². The number of carbonyl (C=O) groups is 1. The lowest BCUT2D eigenvalue weighted by Gasteiger charge is -1.99. The van der Waals surface area contributed by atoms with Crippen LogP contribution in [0.25, 0.3) is 0 Å². The van der Waals surface area contributed by atoms with E-state index in [0.29, 0.717) is 0 Å². The van der Waals surface area contributed by atoms with Crippen LogP contribution in [0.1, 0.15) is 19.8 Å². The first-order valence-corrected chi connectivity index (χ1v) is 2.71. The lowest BCUT2D eigenvalue weighted by atomic mass is 10.1. The molecule has 1 N–H and O–H groups in total. The Morgan fingerprint density at radius 2 is 2.44 bits per heavy atom. The van der Waals surface area contributed by atoms with Crippen molar-refractivity contribution in [3.8, 4) is 6.07 Å². The van der Waals surface area contributed by atoms with Gasteiger partial charge in [-0.1, -0.05) is 0 Å². The topological polar surface area (TPSA) is 61.1 Å². The summed E-state index contributed by atoms with van der Waals surface area (Å²) in [5.74, 6) is -0.0854. The number of Topliss-reactive ketones (excluding diaryl/α,β-unsaturated/α-hetero) is 1. The SMILES string of the molecule is CC(=O)C[C@H](O)CC#N. The van der Waals surface area contributed by atoms with E-state index in [1.807, 2.05) is 0 Å². The second-order valence-electron chi connectivity index (χ2n) is 1.92. The van der Waals surface area contributed by atoms with E-state index in [4.69, 9.17) is 10.4 Å². The van der Waals surface area contributed by atoms with Gasteiger partial charge in [0.1, 0.15) is 5.78 Å². The molecule has 0 heterocycles. The van der Waals surface area contributed by atoms with E-state index in [1.54, 1.807) is 6.07 Å². The number of ketones is 1. The highest BCUT2D eigenvalue weighted by Crippen LogP contribution is 1.95. The van der Waals surface area contributed by atoms with Crippen LogP contribution in [0.4, 0.5) is 0 Å². The largest absolute Gasteiger partial charge is 0.392 e. The van der Waals surface area contributed by atoms with E-state index >= 15 is 0 Å². The van der Waals surface area contributed by atoms with E-state index < -0.39 is 6.10 Å². The number of aliphatic hydroxyl groups excluding tert-OH is 1. The molecule has 0 spiro atoms. The van der Waals surface area contributed by atoms with Gasteiger partial charge in [0.15, 0.2) is 0 Å². The average molecular weight is 127 g/mol. The van der Waals surface area contributed by atoms with E-state index in [1.165, 1.54) is 6.92 Å². The van der Waals surface area contributed by atoms with E-state index in [2.05, 4.69) is 0 Å². The smallest absolute Gasteiger partial charge is 0.132 e. The first-order valence-electron chi connectivity index (χ1n) is 2.71. The molecule has 0 unspecified atom stereocenters. The summed E-state index contributed by atoms with van der Waals surface area (Å²) in [7, 11) is 0. The quantitative estimate of drug-likeness (QED) is 0.590. The Morgan fingerprint density at radius 1 is 1.89 bits per heavy atom. The molecular weight excluding hydrogens is 118 g/mol. The molecule has 1 atom stereocenters. The molecule has 0 radical (unpaired) electrons. The third-order valence-corrected chi connectivity index (χ3v) is 0.850. The molecule has 50 valence electrons. The van der Waals surface area contributed by atoms with Crippen molar-refractivity contribution >= 4 is 5.78 Å². The van der Waals surface area contributed by atoms with Crippen LogP contribution in [-0.2, 0) is 4.79 Å². The summed E-state index contributed by atoms with van der Waals surface area (Å²) in [4.78, 5) is 10.3. The minimum Gasteiger partial charge on any atom is -0.392 e. The highest BCUT2D eigenvalue weighted by molar-refractivity contribution is 5.75. The number of nitrogens with zero attached hydrogens (tertiary/aromatic N) is 1. The molecule has 3 nitrogen and oxygen atoms in total. The van der Waals surface area contributed by atoms with Crippen LogP contribution in [-0.4, -0.2) is 17.0 Å². The van der Waals surface area contributed by atoms with Crippen molar-refractivity contribution in [3.05, 3.63) is 0 Å². The molecule has 0 aliphatic carbocycles. The van der Waals surface area contributed by atoms with Gasteiger partial charge in [0, 0.05) is 6.42 Å². The van der Waals surface area contributed by atoms with Crippen molar-refractivity contribution < 1.29 is 9.90 Å². The fourth-order valence-corrected chi connectivity index (χ4v) is 0.509. The van der Waals surface area contributed by atoms with Crippen LogP contribution in [0, 0.1) is 11.3 Å². The molecule has 0 fully saturated rings. The Morgan fingerprint density at radius 3 is 2.78 bits per heavy atom. The van der Waals surface area contributed by atoms with Gasteiger partial charge in [-0.3, -0.25) is 4.79 Å². The Kier molecular flexibility index (Phi) is 3.65. The second kappa shape index (κ2) is 4.04. The van der Waals surface area contributed by atoms with Crippen molar-refractivity contribution in [2.45, 2.75) is 25.9 Å². The normalized spacial score (nSPS) is 12.1. The molecule has 0 aliphatic heterocycles. The lowest BCUT2D eigenvalue weighted by molar-refractivity contribution is -0.118. The molecule has 9 heavy (non-hydrogen) atoms. The molecule has 0 amide bonds. The molecule has 0 aromatic heterocycles. The van der Waals surface area contributed by atoms with Crippen molar-refractivity contribution in [2.75, 3.05) is 0 Å². The van der Waals surface area contributed by atoms with Gasteiger partial charge < -0.3 is 5.11 Å². The van der Waals surface area contributed by atoms with Crippen molar-refractivity contribution in [3.63, 3.8) is 0 Å². The van der Waals surface area contributed by atoms with Crippen LogP contribution in [0.5, 0.6) is 0 Å². The monoisotopic (exact) mass is 127 g/mol. The van der Waals surface area contributed by atoms with Crippen LogP contribution in [0.3, 0.4) is 0 Å². The minimum atomic E-state index is -0.771. The van der Waals surface area contributed by atoms with E-state index in [9.17, 15) is 4.79 Å². The Bertz CT molecular complexity index is 136. The maximum Gasteiger partial charge on any atom is 0.132 e. The molecule has 0 saturated heterocycles. The van der Waals surface area contributed by atoms with Gasteiger partial charge in [-0.05, 0) is 6.92 Å². The highest BCUT2D eigenvalue weighted by atomic mass is 16.3. The van der Waals surface area contributed by atoms with Gasteiger partial charge in [-0.25, -0.2) is 0 Å². The summed E-state index contributed by atoms with van der Waals surface area (Å²) in [5, 5.41) is 16.8. The number of nitriles is 1. The number of carbonyl (C=O) groups excluding carboxylic acids is 1. The van der Waals surface area contributed by atoms with Gasteiger partial charge in [0.2, 0.25) is 0 Å². The predicted molar refractivity (Wildman–Crippen MR) is 31.5 cm³/mol. The summed E-state index contributed by atoms with van der Waals surface area (Å²) >= 11 is 0. The first kappa shape index (κ1) is 8.12. The van der Waals surface area contributed by atoms with Gasteiger partial charge in [-0.15, -0.1) is 0 Å². The number of hydrogen-bond acceptors (Lipinski definition) is 3. The third kappa shape index (κ3) is 4.98. The number of rotatable bonds is 3. The summed E-state index contributed by atoms with van der Waals surface area (Å²) in [6.45, 7) is 1.39. The molecule has 0 aromatic rings. The Balaban J connectivity index is 3.40. The average Bonchev–Trinajstić information content (AvgIpc) is 1.63. The molecular formula is C6H9NO2. The zero-order chi connectivity index (χ0) is 7.28. The summed E-state index contributed by atoms with van der Waals surface area (Å²) in [5.41, 5.74) is 0. The minimum absolute atomic E-state index is 0.0413. The number of hydrogen-bond donors (Lipinski definition) is 1. The molecule has 0 bridgehead atoms. The zero-order valence-corrected chi connectivity index (χ0v) is 5.29. The van der Waals surface area contributed by atoms with Gasteiger partial charge in [0.05, 0.1) is 18.6 Å². The highest BCUT2D eigenvalue weighted by Gasteiger charge is 2.04. The summed E-state index contributed by atoms with van der Waals surface area (Å²) < 4.78 is 0. The van der Waals surface area contributed by atoms with Crippen LogP contribution in [0.2, 0.25) is 0 Å². The van der Waals surface area contributed by atoms with E-state index in [-0.39, 0.29) is 18.6 Å². The summed E-state index contributed by atoms with van der Waals surface area (Å²) in [6.07, 6.45) is -0.639. The van der Waals surface area contributed by atoms with Gasteiger partial charge in [-0.2, -0.15) is 5.26 Å². The van der Waals surface area contributed by atoms with Crippen LogP contribution >= 0.6 is 0 Å². The molecule has 0 aliphatic rings. The zero-order valence-electron chi connectivity index (χ0n) is 5.29. The van der Waals surface area contributed by atoms with Gasteiger partial charge in [0.25, 0.3) is 0 Å². The lowest BCUT2D eigenvalue weighted by Crippen LogP contribution is -2.09. The summed E-state index contributed by atoms with van der Waals surface area (Å²) in [6, 6.07) is 1.77. The fourth-order valence-electron chi connectivity index (χ4n) is 0.509.